The summed E-state index contributed by atoms with van der Waals surface area (Å²) in [6.07, 6.45) is 0.139. The molecule has 0 bridgehead atoms. The standard InChI is InChI=1S/C14H9BrO4/c15-8-1-2-12-7(3-8)4-10(17)14-11(18)5-9(16)6-13(14)19-12/h1-3,5-6,16,18H,4H2. The minimum Gasteiger partial charge on any atom is -0.508 e. The van der Waals surface area contributed by atoms with E-state index in [1.807, 2.05) is 0 Å². The number of fused-ring (bicyclic) bond motifs is 2. The average molecular weight is 321 g/mol. The van der Waals surface area contributed by atoms with Gasteiger partial charge >= 0.3 is 0 Å². The van der Waals surface area contributed by atoms with Crippen LogP contribution in [0.15, 0.2) is 34.8 Å². The first-order chi connectivity index (χ1) is 9.04. The number of carbonyl (C=O) groups is 1. The van der Waals surface area contributed by atoms with Crippen LogP contribution in [0, 0.1) is 0 Å². The van der Waals surface area contributed by atoms with Crippen molar-refractivity contribution in [2.45, 2.75) is 6.42 Å². The third kappa shape index (κ3) is 2.06. The molecule has 5 heteroatoms. The number of rotatable bonds is 0. The van der Waals surface area contributed by atoms with Crippen LogP contribution in [0.25, 0.3) is 0 Å². The fraction of sp³-hybridized carbons (Fsp3) is 0.0714. The molecule has 0 amide bonds. The highest BCUT2D eigenvalue weighted by molar-refractivity contribution is 9.10. The van der Waals surface area contributed by atoms with Gasteiger partial charge in [-0.2, -0.15) is 0 Å². The van der Waals surface area contributed by atoms with Crippen molar-refractivity contribution in [2.75, 3.05) is 0 Å². The summed E-state index contributed by atoms with van der Waals surface area (Å²) in [4.78, 5) is 12.2. The number of ketones is 1. The Hall–Kier alpha value is -2.01. The van der Waals surface area contributed by atoms with Crippen LogP contribution in [0.4, 0.5) is 0 Å². The van der Waals surface area contributed by atoms with E-state index in [0.717, 1.165) is 16.1 Å². The minimum absolute atomic E-state index is 0.102. The van der Waals surface area contributed by atoms with E-state index in [4.69, 9.17) is 4.74 Å². The molecule has 0 atom stereocenters. The van der Waals surface area contributed by atoms with Gasteiger partial charge in [0.15, 0.2) is 5.78 Å². The lowest BCUT2D eigenvalue weighted by molar-refractivity contribution is 0.0991. The Morgan fingerprint density at radius 2 is 1.89 bits per heavy atom. The van der Waals surface area contributed by atoms with E-state index in [9.17, 15) is 15.0 Å². The number of phenolic OH excluding ortho intramolecular Hbond substituents is 2. The molecular weight excluding hydrogens is 312 g/mol. The van der Waals surface area contributed by atoms with Crippen LogP contribution in [0.3, 0.4) is 0 Å². The number of Topliss-reactive ketones (excluding diaryl/α,β-unsaturated/α-hetero) is 1. The summed E-state index contributed by atoms with van der Waals surface area (Å²) < 4.78 is 6.48. The number of phenols is 2. The molecule has 1 heterocycles. The van der Waals surface area contributed by atoms with Crippen molar-refractivity contribution in [1.82, 2.24) is 0 Å². The zero-order chi connectivity index (χ0) is 13.6. The number of hydrogen-bond donors (Lipinski definition) is 2. The summed E-state index contributed by atoms with van der Waals surface area (Å²) >= 11 is 3.34. The molecule has 2 aromatic carbocycles. The molecule has 0 aliphatic carbocycles. The second kappa shape index (κ2) is 4.28. The first-order valence-corrected chi connectivity index (χ1v) is 6.39. The van der Waals surface area contributed by atoms with Gasteiger partial charge in [0.2, 0.25) is 0 Å². The van der Waals surface area contributed by atoms with Crippen LogP contribution < -0.4 is 4.74 Å². The van der Waals surface area contributed by atoms with E-state index >= 15 is 0 Å². The van der Waals surface area contributed by atoms with E-state index in [1.165, 1.54) is 6.07 Å². The van der Waals surface area contributed by atoms with Gasteiger partial charge in [-0.25, -0.2) is 0 Å². The third-order valence-electron chi connectivity index (χ3n) is 2.94. The van der Waals surface area contributed by atoms with Crippen LogP contribution in [0.1, 0.15) is 15.9 Å². The Bertz CT molecular complexity index is 694. The second-order valence-electron chi connectivity index (χ2n) is 4.29. The highest BCUT2D eigenvalue weighted by Gasteiger charge is 2.25. The summed E-state index contributed by atoms with van der Waals surface area (Å²) in [5.74, 6) is 0.0460. The summed E-state index contributed by atoms with van der Waals surface area (Å²) in [6.45, 7) is 0. The second-order valence-corrected chi connectivity index (χ2v) is 5.21. The van der Waals surface area contributed by atoms with Crippen molar-refractivity contribution in [3.8, 4) is 23.0 Å². The van der Waals surface area contributed by atoms with E-state index in [1.54, 1.807) is 18.2 Å². The fourth-order valence-corrected chi connectivity index (χ4v) is 2.52. The van der Waals surface area contributed by atoms with Gasteiger partial charge in [0, 0.05) is 28.6 Å². The van der Waals surface area contributed by atoms with Gasteiger partial charge in [-0.1, -0.05) is 15.9 Å². The smallest absolute Gasteiger partial charge is 0.174 e. The maximum absolute atomic E-state index is 12.2. The topological polar surface area (TPSA) is 66.8 Å². The molecule has 0 radical (unpaired) electrons. The lowest BCUT2D eigenvalue weighted by Gasteiger charge is -2.09. The Morgan fingerprint density at radius 1 is 1.11 bits per heavy atom. The predicted molar refractivity (Wildman–Crippen MR) is 72.0 cm³/mol. The molecule has 0 aromatic heterocycles. The number of hydrogen-bond acceptors (Lipinski definition) is 4. The van der Waals surface area contributed by atoms with Crippen LogP contribution in [-0.4, -0.2) is 16.0 Å². The molecule has 19 heavy (non-hydrogen) atoms. The number of halogens is 1. The molecule has 0 unspecified atom stereocenters. The number of aromatic hydroxyl groups is 2. The molecule has 96 valence electrons. The highest BCUT2D eigenvalue weighted by atomic mass is 79.9. The Balaban J connectivity index is 2.21. The van der Waals surface area contributed by atoms with E-state index in [2.05, 4.69) is 15.9 Å². The predicted octanol–water partition coefficient (Wildman–Crippen LogP) is 3.39. The Labute approximate surface area is 117 Å². The largest absolute Gasteiger partial charge is 0.508 e. The van der Waals surface area contributed by atoms with Crippen molar-refractivity contribution in [1.29, 1.82) is 0 Å². The van der Waals surface area contributed by atoms with Gasteiger partial charge < -0.3 is 14.9 Å². The lowest BCUT2D eigenvalue weighted by atomic mass is 10.0. The van der Waals surface area contributed by atoms with E-state index in [0.29, 0.717) is 5.75 Å². The third-order valence-corrected chi connectivity index (χ3v) is 3.43. The van der Waals surface area contributed by atoms with Gasteiger partial charge in [0.1, 0.15) is 28.6 Å². The monoisotopic (exact) mass is 320 g/mol. The van der Waals surface area contributed by atoms with Gasteiger partial charge in [-0.05, 0) is 18.2 Å². The maximum Gasteiger partial charge on any atom is 0.174 e. The molecule has 0 saturated heterocycles. The van der Waals surface area contributed by atoms with Gasteiger partial charge in [-0.15, -0.1) is 0 Å². The zero-order valence-corrected chi connectivity index (χ0v) is 11.3. The summed E-state index contributed by atoms with van der Waals surface area (Å²) in [5.41, 5.74) is 0.833. The van der Waals surface area contributed by atoms with Crippen molar-refractivity contribution >= 4 is 21.7 Å². The van der Waals surface area contributed by atoms with Crippen LogP contribution in [0.5, 0.6) is 23.0 Å². The molecule has 0 saturated carbocycles. The summed E-state index contributed by atoms with van der Waals surface area (Å²) in [6, 6.07) is 7.80. The number of ether oxygens (including phenoxy) is 1. The van der Waals surface area contributed by atoms with Crippen molar-refractivity contribution < 1.29 is 19.7 Å². The van der Waals surface area contributed by atoms with Crippen molar-refractivity contribution in [3.63, 3.8) is 0 Å². The normalized spacial score (nSPS) is 13.2. The van der Waals surface area contributed by atoms with E-state index in [-0.39, 0.29) is 35.0 Å². The first kappa shape index (κ1) is 12.0. The Kier molecular flexibility index (Phi) is 2.71. The first-order valence-electron chi connectivity index (χ1n) is 5.60. The van der Waals surface area contributed by atoms with Crippen molar-refractivity contribution in [3.05, 3.63) is 45.9 Å². The molecule has 4 nitrogen and oxygen atoms in total. The van der Waals surface area contributed by atoms with Crippen LogP contribution in [-0.2, 0) is 6.42 Å². The molecule has 1 aliphatic heterocycles. The number of carbonyl (C=O) groups excluding carboxylic acids is 1. The quantitative estimate of drug-likeness (QED) is 0.780. The molecule has 3 rings (SSSR count). The van der Waals surface area contributed by atoms with Crippen molar-refractivity contribution in [2.24, 2.45) is 0 Å². The van der Waals surface area contributed by atoms with Gasteiger partial charge in [0.05, 0.1) is 0 Å². The number of benzene rings is 2. The lowest BCUT2D eigenvalue weighted by Crippen LogP contribution is -2.02. The molecule has 0 fully saturated rings. The fourth-order valence-electron chi connectivity index (χ4n) is 2.11. The minimum atomic E-state index is -0.271. The summed E-state index contributed by atoms with van der Waals surface area (Å²) in [7, 11) is 0. The van der Waals surface area contributed by atoms with Crippen LogP contribution >= 0.6 is 15.9 Å². The maximum atomic E-state index is 12.2. The Morgan fingerprint density at radius 3 is 2.68 bits per heavy atom. The molecule has 1 aliphatic rings. The molecular formula is C14H9BrO4. The highest BCUT2D eigenvalue weighted by Crippen LogP contribution is 2.40. The SMILES string of the molecule is O=C1Cc2cc(Br)ccc2Oc2cc(O)cc(O)c21. The average Bonchev–Trinajstić information content (AvgIpc) is 2.44. The molecule has 0 spiro atoms. The van der Waals surface area contributed by atoms with E-state index < -0.39 is 0 Å². The van der Waals surface area contributed by atoms with Gasteiger partial charge in [-0.3, -0.25) is 4.79 Å². The van der Waals surface area contributed by atoms with Gasteiger partial charge in [0.25, 0.3) is 0 Å². The van der Waals surface area contributed by atoms with Crippen LogP contribution in [0.2, 0.25) is 0 Å². The summed E-state index contributed by atoms with van der Waals surface area (Å²) in [5, 5.41) is 19.3. The molecule has 2 aromatic rings. The zero-order valence-electron chi connectivity index (χ0n) is 9.68. The molecule has 2 N–H and O–H groups in total.